The first kappa shape index (κ1) is 11.1. The fourth-order valence-corrected chi connectivity index (χ4v) is 1.98. The van der Waals surface area contributed by atoms with Crippen LogP contribution in [0.25, 0.3) is 0 Å². The molecule has 0 aliphatic carbocycles. The van der Waals surface area contributed by atoms with Gasteiger partial charge in [-0.25, -0.2) is 0 Å². The summed E-state index contributed by atoms with van der Waals surface area (Å²) in [5.41, 5.74) is 2.39. The molecule has 2 aromatic rings. The van der Waals surface area contributed by atoms with Crippen LogP contribution in [0.4, 0.5) is 0 Å². The van der Waals surface area contributed by atoms with Crippen LogP contribution in [0.5, 0.6) is 0 Å². The standard InChI is InChI=1S/C13H12BrNO/c1-10-4-2-3-5-11(10)8-15-9-12(14)6-7-13(15)16/h2-7,9H,8H2,1H3. The first-order valence-corrected chi connectivity index (χ1v) is 5.86. The molecule has 0 fully saturated rings. The SMILES string of the molecule is Cc1ccccc1Cn1cc(Br)ccc1=O. The minimum atomic E-state index is 0.0199. The smallest absolute Gasteiger partial charge is 0.250 e. The average Bonchev–Trinajstić information content (AvgIpc) is 2.27. The van der Waals surface area contributed by atoms with Gasteiger partial charge in [-0.3, -0.25) is 4.79 Å². The highest BCUT2D eigenvalue weighted by atomic mass is 79.9. The molecule has 0 unspecified atom stereocenters. The molecular formula is C13H12BrNO. The lowest BCUT2D eigenvalue weighted by Crippen LogP contribution is -2.19. The Morgan fingerprint density at radius 3 is 2.69 bits per heavy atom. The fraction of sp³-hybridized carbons (Fsp3) is 0.154. The molecule has 1 aromatic carbocycles. The first-order chi connectivity index (χ1) is 7.66. The van der Waals surface area contributed by atoms with Gasteiger partial charge in [0, 0.05) is 16.7 Å². The molecule has 16 heavy (non-hydrogen) atoms. The lowest BCUT2D eigenvalue weighted by atomic mass is 10.1. The van der Waals surface area contributed by atoms with Crippen molar-refractivity contribution in [1.82, 2.24) is 4.57 Å². The van der Waals surface area contributed by atoms with Crippen molar-refractivity contribution in [2.45, 2.75) is 13.5 Å². The molecule has 3 heteroatoms. The Hall–Kier alpha value is -1.35. The van der Waals surface area contributed by atoms with Crippen LogP contribution in [-0.2, 0) is 6.54 Å². The van der Waals surface area contributed by atoms with Gasteiger partial charge in [-0.1, -0.05) is 24.3 Å². The quantitative estimate of drug-likeness (QED) is 0.827. The molecule has 0 spiro atoms. The van der Waals surface area contributed by atoms with Gasteiger partial charge in [-0.2, -0.15) is 0 Å². The molecule has 0 bridgehead atoms. The molecule has 0 saturated carbocycles. The fourth-order valence-electron chi connectivity index (χ4n) is 1.60. The third-order valence-corrected chi connectivity index (χ3v) is 3.02. The summed E-state index contributed by atoms with van der Waals surface area (Å²) in [6.07, 6.45) is 1.81. The number of hydrogen-bond acceptors (Lipinski definition) is 1. The molecule has 1 aromatic heterocycles. The van der Waals surface area contributed by atoms with E-state index in [1.165, 1.54) is 11.1 Å². The van der Waals surface area contributed by atoms with Crippen LogP contribution in [0.15, 0.2) is 51.9 Å². The average molecular weight is 278 g/mol. The highest BCUT2D eigenvalue weighted by molar-refractivity contribution is 9.10. The molecule has 0 aliphatic heterocycles. The van der Waals surface area contributed by atoms with Crippen LogP contribution < -0.4 is 5.56 Å². The molecular weight excluding hydrogens is 266 g/mol. The van der Waals surface area contributed by atoms with Crippen molar-refractivity contribution in [2.75, 3.05) is 0 Å². The van der Waals surface area contributed by atoms with Gasteiger partial charge in [0.15, 0.2) is 0 Å². The van der Waals surface area contributed by atoms with Gasteiger partial charge in [0.1, 0.15) is 0 Å². The number of benzene rings is 1. The number of aryl methyl sites for hydroxylation is 1. The van der Waals surface area contributed by atoms with Crippen LogP contribution in [0.2, 0.25) is 0 Å². The number of halogens is 1. The number of pyridine rings is 1. The van der Waals surface area contributed by atoms with Gasteiger partial charge < -0.3 is 4.57 Å². The zero-order valence-electron chi connectivity index (χ0n) is 8.98. The second-order valence-corrected chi connectivity index (χ2v) is 4.66. The molecule has 0 saturated heterocycles. The van der Waals surface area contributed by atoms with Crippen molar-refractivity contribution in [1.29, 1.82) is 0 Å². The minimum absolute atomic E-state index is 0.0199. The molecule has 82 valence electrons. The lowest BCUT2D eigenvalue weighted by Gasteiger charge is -2.08. The summed E-state index contributed by atoms with van der Waals surface area (Å²) < 4.78 is 2.62. The summed E-state index contributed by atoms with van der Waals surface area (Å²) in [6.45, 7) is 2.67. The first-order valence-electron chi connectivity index (χ1n) is 5.07. The largest absolute Gasteiger partial charge is 0.310 e. The van der Waals surface area contributed by atoms with Gasteiger partial charge in [0.05, 0.1) is 6.54 Å². The summed E-state index contributed by atoms with van der Waals surface area (Å²) in [5, 5.41) is 0. The predicted molar refractivity (Wildman–Crippen MR) is 68.7 cm³/mol. The van der Waals surface area contributed by atoms with E-state index in [1.807, 2.05) is 24.4 Å². The molecule has 0 amide bonds. The van der Waals surface area contributed by atoms with E-state index < -0.39 is 0 Å². The normalized spacial score (nSPS) is 10.4. The minimum Gasteiger partial charge on any atom is -0.310 e. The van der Waals surface area contributed by atoms with Gasteiger partial charge >= 0.3 is 0 Å². The predicted octanol–water partition coefficient (Wildman–Crippen LogP) is 2.97. The zero-order valence-corrected chi connectivity index (χ0v) is 10.6. The summed E-state index contributed by atoms with van der Waals surface area (Å²) >= 11 is 3.37. The zero-order chi connectivity index (χ0) is 11.5. The van der Waals surface area contributed by atoms with E-state index in [4.69, 9.17) is 0 Å². The van der Waals surface area contributed by atoms with Gasteiger partial charge in [0.2, 0.25) is 0 Å². The van der Waals surface area contributed by atoms with Crippen molar-refractivity contribution in [3.05, 3.63) is 68.5 Å². The van der Waals surface area contributed by atoms with Crippen molar-refractivity contribution >= 4 is 15.9 Å². The number of hydrogen-bond donors (Lipinski definition) is 0. The summed E-state index contributed by atoms with van der Waals surface area (Å²) in [5.74, 6) is 0. The summed E-state index contributed by atoms with van der Waals surface area (Å²) in [7, 11) is 0. The molecule has 2 rings (SSSR count). The van der Waals surface area contributed by atoms with Crippen LogP contribution in [0, 0.1) is 6.92 Å². The van der Waals surface area contributed by atoms with Crippen LogP contribution in [-0.4, -0.2) is 4.57 Å². The van der Waals surface area contributed by atoms with Crippen molar-refractivity contribution in [2.24, 2.45) is 0 Å². The molecule has 1 heterocycles. The molecule has 0 N–H and O–H groups in total. The molecule has 2 nitrogen and oxygen atoms in total. The number of aromatic nitrogens is 1. The van der Waals surface area contributed by atoms with Crippen molar-refractivity contribution < 1.29 is 0 Å². The van der Waals surface area contributed by atoms with Crippen molar-refractivity contribution in [3.8, 4) is 0 Å². The maximum atomic E-state index is 11.6. The van der Waals surface area contributed by atoms with Gasteiger partial charge in [0.25, 0.3) is 5.56 Å². The summed E-state index contributed by atoms with van der Waals surface area (Å²) in [6, 6.07) is 11.4. The third kappa shape index (κ3) is 2.42. The van der Waals surface area contributed by atoms with Gasteiger partial charge in [-0.15, -0.1) is 0 Å². The topological polar surface area (TPSA) is 22.0 Å². The second kappa shape index (κ2) is 4.66. The van der Waals surface area contributed by atoms with E-state index in [2.05, 4.69) is 28.9 Å². The van der Waals surface area contributed by atoms with Crippen molar-refractivity contribution in [3.63, 3.8) is 0 Å². The Bertz CT molecular complexity index is 560. The van der Waals surface area contributed by atoms with E-state index in [1.54, 1.807) is 16.7 Å². The maximum absolute atomic E-state index is 11.6. The summed E-state index contributed by atoms with van der Waals surface area (Å²) in [4.78, 5) is 11.6. The van der Waals surface area contributed by atoms with E-state index in [9.17, 15) is 4.79 Å². The van der Waals surface area contributed by atoms with E-state index >= 15 is 0 Å². The highest BCUT2D eigenvalue weighted by Gasteiger charge is 2.00. The molecule has 0 atom stereocenters. The highest BCUT2D eigenvalue weighted by Crippen LogP contribution is 2.10. The second-order valence-electron chi connectivity index (χ2n) is 3.74. The van der Waals surface area contributed by atoms with E-state index in [0.717, 1.165) is 4.47 Å². The van der Waals surface area contributed by atoms with Crippen LogP contribution in [0.3, 0.4) is 0 Å². The third-order valence-electron chi connectivity index (χ3n) is 2.55. The van der Waals surface area contributed by atoms with Crippen LogP contribution in [0.1, 0.15) is 11.1 Å². The molecule has 0 radical (unpaired) electrons. The molecule has 0 aliphatic rings. The monoisotopic (exact) mass is 277 g/mol. The van der Waals surface area contributed by atoms with Gasteiger partial charge in [-0.05, 0) is 40.0 Å². The number of rotatable bonds is 2. The maximum Gasteiger partial charge on any atom is 0.250 e. The Labute approximate surface area is 103 Å². The van der Waals surface area contributed by atoms with E-state index in [0.29, 0.717) is 6.54 Å². The number of nitrogens with zero attached hydrogens (tertiary/aromatic N) is 1. The Morgan fingerprint density at radius 1 is 1.19 bits per heavy atom. The Morgan fingerprint density at radius 2 is 1.94 bits per heavy atom. The lowest BCUT2D eigenvalue weighted by molar-refractivity contribution is 0.752. The Kier molecular flexibility index (Phi) is 3.25. The van der Waals surface area contributed by atoms with Crippen LogP contribution >= 0.6 is 15.9 Å². The van der Waals surface area contributed by atoms with E-state index in [-0.39, 0.29) is 5.56 Å². The Balaban J connectivity index is 2.38.